The van der Waals surface area contributed by atoms with Crippen molar-refractivity contribution >= 4 is 45.1 Å². The smallest absolute Gasteiger partial charge is 0.272 e. The van der Waals surface area contributed by atoms with Gasteiger partial charge in [0, 0.05) is 22.9 Å². The van der Waals surface area contributed by atoms with E-state index in [1.165, 1.54) is 0 Å². The van der Waals surface area contributed by atoms with Crippen LogP contribution in [-0.2, 0) is 0 Å². The molecule has 0 saturated heterocycles. The van der Waals surface area contributed by atoms with E-state index in [1.54, 1.807) is 0 Å². The van der Waals surface area contributed by atoms with E-state index in [-0.39, 0.29) is 18.3 Å². The lowest BCUT2D eigenvalue weighted by atomic mass is 10.2. The number of nitrogens with zero attached hydrogens (tertiary/aromatic N) is 1. The van der Waals surface area contributed by atoms with Crippen molar-refractivity contribution in [2.75, 3.05) is 19.6 Å². The molecule has 3 N–H and O–H groups in total. The van der Waals surface area contributed by atoms with Crippen LogP contribution in [0.1, 0.15) is 23.8 Å². The second-order valence-electron chi connectivity index (χ2n) is 4.27. The summed E-state index contributed by atoms with van der Waals surface area (Å²) in [5.41, 5.74) is 1.30. The molecule has 0 radical (unpaired) electrons. The average Bonchev–Trinajstić information content (AvgIpc) is 2.81. The maximum atomic E-state index is 12.0. The summed E-state index contributed by atoms with van der Waals surface area (Å²) in [4.78, 5) is 12.0. The molecule has 110 valence electrons. The molecule has 7 heteroatoms. The minimum absolute atomic E-state index is 0. The highest BCUT2D eigenvalue weighted by Gasteiger charge is 2.13. The largest absolute Gasteiger partial charge is 0.349 e. The summed E-state index contributed by atoms with van der Waals surface area (Å²) in [6.07, 6.45) is 1.09. The molecule has 0 bridgehead atoms. The van der Waals surface area contributed by atoms with Gasteiger partial charge in [-0.1, -0.05) is 22.9 Å². The normalized spacial score (nSPS) is 10.3. The zero-order valence-corrected chi connectivity index (χ0v) is 13.6. The van der Waals surface area contributed by atoms with Crippen molar-refractivity contribution < 1.29 is 4.79 Å². The number of halogens is 2. The topological polar surface area (TPSA) is 69.8 Å². The predicted molar refractivity (Wildman–Crippen MR) is 86.5 cm³/mol. The predicted octanol–water partition coefficient (Wildman–Crippen LogP) is 2.48. The van der Waals surface area contributed by atoms with Crippen LogP contribution in [0.25, 0.3) is 10.9 Å². The Bertz CT molecular complexity index is 572. The van der Waals surface area contributed by atoms with Gasteiger partial charge in [0.05, 0.1) is 5.52 Å². The second-order valence-corrected chi connectivity index (χ2v) is 5.18. The molecule has 0 aliphatic heterocycles. The van der Waals surface area contributed by atoms with Gasteiger partial charge in [0.15, 0.2) is 5.69 Å². The summed E-state index contributed by atoms with van der Waals surface area (Å²) in [7, 11) is 0. The number of aromatic nitrogens is 2. The Hall–Kier alpha value is -1.11. The first kappa shape index (κ1) is 16.9. The first-order valence-electron chi connectivity index (χ1n) is 6.35. The molecule has 0 atom stereocenters. The van der Waals surface area contributed by atoms with Gasteiger partial charge >= 0.3 is 0 Å². The Morgan fingerprint density at radius 2 is 2.15 bits per heavy atom. The molecule has 0 unspecified atom stereocenters. The van der Waals surface area contributed by atoms with Gasteiger partial charge in [-0.25, -0.2) is 0 Å². The summed E-state index contributed by atoms with van der Waals surface area (Å²) in [5.74, 6) is -0.150. The second kappa shape index (κ2) is 8.24. The van der Waals surface area contributed by atoms with Gasteiger partial charge in [-0.2, -0.15) is 5.10 Å². The van der Waals surface area contributed by atoms with Gasteiger partial charge in [-0.05, 0) is 31.2 Å². The van der Waals surface area contributed by atoms with Gasteiger partial charge in [0.1, 0.15) is 0 Å². The van der Waals surface area contributed by atoms with Crippen LogP contribution in [0.5, 0.6) is 0 Å². The summed E-state index contributed by atoms with van der Waals surface area (Å²) >= 11 is 3.40. The molecule has 1 amide bonds. The Balaban J connectivity index is 0.00000200. The third-order valence-electron chi connectivity index (χ3n) is 2.75. The number of rotatable bonds is 6. The summed E-state index contributed by atoms with van der Waals surface area (Å²) in [5, 5.41) is 13.8. The van der Waals surface area contributed by atoms with Crippen molar-refractivity contribution in [3.8, 4) is 0 Å². The van der Waals surface area contributed by atoms with E-state index in [1.807, 2.05) is 18.2 Å². The Morgan fingerprint density at radius 1 is 1.35 bits per heavy atom. The third kappa shape index (κ3) is 4.19. The molecule has 0 fully saturated rings. The van der Waals surface area contributed by atoms with Gasteiger partial charge in [-0.15, -0.1) is 12.4 Å². The molecule has 0 aliphatic rings. The van der Waals surface area contributed by atoms with E-state index in [0.717, 1.165) is 34.9 Å². The number of aromatic amines is 1. The maximum Gasteiger partial charge on any atom is 0.272 e. The minimum Gasteiger partial charge on any atom is -0.349 e. The van der Waals surface area contributed by atoms with Crippen molar-refractivity contribution in [3.05, 3.63) is 28.4 Å². The van der Waals surface area contributed by atoms with Gasteiger partial charge in [-0.3, -0.25) is 9.89 Å². The lowest BCUT2D eigenvalue weighted by Crippen LogP contribution is -2.32. The van der Waals surface area contributed by atoms with Crippen LogP contribution in [-0.4, -0.2) is 35.7 Å². The summed E-state index contributed by atoms with van der Waals surface area (Å²) < 4.78 is 0.931. The molecule has 0 aliphatic carbocycles. The highest BCUT2D eigenvalue weighted by atomic mass is 79.9. The standard InChI is InChI=1S/C13H17BrN4O.ClH/c1-2-5-15-6-7-16-13(19)12-10-8-9(14)3-4-11(10)17-18-12;/h3-4,8,15H,2,5-7H2,1H3,(H,16,19)(H,17,18);1H. The van der Waals surface area contributed by atoms with E-state index in [2.05, 4.69) is 43.7 Å². The zero-order chi connectivity index (χ0) is 13.7. The van der Waals surface area contributed by atoms with Crippen LogP contribution in [0.2, 0.25) is 0 Å². The lowest BCUT2D eigenvalue weighted by molar-refractivity contribution is 0.0950. The van der Waals surface area contributed by atoms with Crippen molar-refractivity contribution in [3.63, 3.8) is 0 Å². The molecule has 1 heterocycles. The van der Waals surface area contributed by atoms with Crippen molar-refractivity contribution in [1.82, 2.24) is 20.8 Å². The first-order valence-corrected chi connectivity index (χ1v) is 7.14. The molecule has 1 aromatic carbocycles. The number of carbonyl (C=O) groups is 1. The first-order chi connectivity index (χ1) is 9.22. The van der Waals surface area contributed by atoms with Crippen LogP contribution < -0.4 is 10.6 Å². The molecular formula is C13H18BrClN4O. The molecular weight excluding hydrogens is 344 g/mol. The van der Waals surface area contributed by atoms with E-state index < -0.39 is 0 Å². The van der Waals surface area contributed by atoms with Crippen molar-refractivity contribution in [2.45, 2.75) is 13.3 Å². The Morgan fingerprint density at radius 3 is 2.90 bits per heavy atom. The maximum absolute atomic E-state index is 12.0. The number of nitrogens with one attached hydrogen (secondary N) is 3. The van der Waals surface area contributed by atoms with Crippen LogP contribution in [0.4, 0.5) is 0 Å². The fourth-order valence-electron chi connectivity index (χ4n) is 1.81. The van der Waals surface area contributed by atoms with Crippen molar-refractivity contribution in [2.24, 2.45) is 0 Å². The molecule has 2 rings (SSSR count). The molecule has 20 heavy (non-hydrogen) atoms. The Kier molecular flexibility index (Phi) is 6.98. The SMILES string of the molecule is CCCNCCNC(=O)c1n[nH]c2ccc(Br)cc12.Cl. The highest BCUT2D eigenvalue weighted by Crippen LogP contribution is 2.20. The molecule has 1 aromatic heterocycles. The van der Waals surface area contributed by atoms with E-state index in [4.69, 9.17) is 0 Å². The fourth-order valence-corrected chi connectivity index (χ4v) is 2.17. The minimum atomic E-state index is -0.150. The van der Waals surface area contributed by atoms with E-state index >= 15 is 0 Å². The monoisotopic (exact) mass is 360 g/mol. The quantitative estimate of drug-likeness (QED) is 0.692. The van der Waals surface area contributed by atoms with Gasteiger partial charge in [0.25, 0.3) is 5.91 Å². The number of fused-ring (bicyclic) bond motifs is 1. The Labute approximate surface area is 132 Å². The van der Waals surface area contributed by atoms with Crippen LogP contribution in [0.3, 0.4) is 0 Å². The molecule has 5 nitrogen and oxygen atoms in total. The van der Waals surface area contributed by atoms with Crippen LogP contribution in [0.15, 0.2) is 22.7 Å². The average molecular weight is 362 g/mol. The molecule has 0 saturated carbocycles. The number of hydrogen-bond donors (Lipinski definition) is 3. The third-order valence-corrected chi connectivity index (χ3v) is 3.25. The lowest BCUT2D eigenvalue weighted by Gasteiger charge is -2.04. The number of amides is 1. The molecule has 0 spiro atoms. The van der Waals surface area contributed by atoms with Gasteiger partial charge < -0.3 is 10.6 Å². The fraction of sp³-hybridized carbons (Fsp3) is 0.385. The summed E-state index contributed by atoms with van der Waals surface area (Å²) in [6.45, 7) is 4.44. The van der Waals surface area contributed by atoms with E-state index in [0.29, 0.717) is 12.2 Å². The molecule has 2 aromatic rings. The highest BCUT2D eigenvalue weighted by molar-refractivity contribution is 9.10. The number of carbonyl (C=O) groups excluding carboxylic acids is 1. The number of benzene rings is 1. The summed E-state index contributed by atoms with van der Waals surface area (Å²) in [6, 6.07) is 5.70. The number of hydrogen-bond acceptors (Lipinski definition) is 3. The van der Waals surface area contributed by atoms with E-state index in [9.17, 15) is 4.79 Å². The zero-order valence-electron chi connectivity index (χ0n) is 11.2. The number of H-pyrrole nitrogens is 1. The van der Waals surface area contributed by atoms with Crippen LogP contribution in [0, 0.1) is 0 Å². The van der Waals surface area contributed by atoms with Gasteiger partial charge in [0.2, 0.25) is 0 Å². The van der Waals surface area contributed by atoms with Crippen LogP contribution >= 0.6 is 28.3 Å². The van der Waals surface area contributed by atoms with Crippen molar-refractivity contribution in [1.29, 1.82) is 0 Å².